The van der Waals surface area contributed by atoms with Crippen molar-refractivity contribution in [1.82, 2.24) is 9.13 Å². The summed E-state index contributed by atoms with van der Waals surface area (Å²) in [6, 6.07) is 0. The van der Waals surface area contributed by atoms with Crippen LogP contribution in [0.4, 0.5) is 0 Å². The van der Waals surface area contributed by atoms with Crippen molar-refractivity contribution in [2.24, 2.45) is 0 Å². The van der Waals surface area contributed by atoms with Gasteiger partial charge >= 0.3 is 0 Å². The lowest BCUT2D eigenvalue weighted by Crippen LogP contribution is -2.63. The van der Waals surface area contributed by atoms with Crippen molar-refractivity contribution in [2.75, 3.05) is 27.2 Å². The third-order valence-electron chi connectivity index (χ3n) is 3.86. The Morgan fingerprint density at radius 2 is 1.50 bits per heavy atom. The van der Waals surface area contributed by atoms with E-state index in [9.17, 15) is 0 Å². The summed E-state index contributed by atoms with van der Waals surface area (Å²) in [6.45, 7) is 14.1. The molecule has 0 fully saturated rings. The zero-order valence-electron chi connectivity index (χ0n) is 11.1. The molecule has 0 N–H and O–H groups in total. The van der Waals surface area contributed by atoms with Crippen LogP contribution in [0.3, 0.4) is 0 Å². The van der Waals surface area contributed by atoms with Gasteiger partial charge in [0.1, 0.15) is 0 Å². The summed E-state index contributed by atoms with van der Waals surface area (Å²) in [5, 5.41) is 0. The van der Waals surface area contributed by atoms with Crippen molar-refractivity contribution in [2.45, 2.75) is 46.2 Å². The normalized spacial score (nSPS) is 18.6. The van der Waals surface area contributed by atoms with Gasteiger partial charge in [0.25, 0.3) is 0 Å². The number of hydrogen-bond donors (Lipinski definition) is 0. The highest BCUT2D eigenvalue weighted by molar-refractivity contribution is 6.74. The highest BCUT2D eigenvalue weighted by Crippen LogP contribution is 2.29. The molecule has 0 saturated heterocycles. The van der Waals surface area contributed by atoms with Crippen LogP contribution in [-0.4, -0.2) is 44.7 Å². The largest absolute Gasteiger partial charge is 0.317 e. The second kappa shape index (κ2) is 5.88. The molecule has 0 aromatic rings. The molecule has 0 aliphatic carbocycles. The van der Waals surface area contributed by atoms with Crippen LogP contribution >= 0.6 is 0 Å². The summed E-state index contributed by atoms with van der Waals surface area (Å²) >= 11 is 0. The molecule has 0 heterocycles. The minimum atomic E-state index is -1.39. The molecule has 0 aromatic carbocycles. The van der Waals surface area contributed by atoms with Gasteiger partial charge in [-0.3, -0.25) is 0 Å². The monoisotopic (exact) mass is 216 g/mol. The van der Waals surface area contributed by atoms with Crippen LogP contribution in [-0.2, 0) is 0 Å². The van der Waals surface area contributed by atoms with Gasteiger partial charge in [0.15, 0.2) is 0 Å². The number of rotatable bonds is 6. The van der Waals surface area contributed by atoms with E-state index in [1.54, 1.807) is 0 Å². The molecule has 0 bridgehead atoms. The standard InChI is InChI=1S/C11H28N2Si/c1-8-11(4)14(7,12(5)6)13(9-2)10-3/h11H,8-10H2,1-7H3. The lowest BCUT2D eigenvalue weighted by atomic mass is 10.4. The van der Waals surface area contributed by atoms with Gasteiger partial charge in [-0.25, -0.2) is 0 Å². The smallest absolute Gasteiger partial charge is 0.206 e. The highest BCUT2D eigenvalue weighted by atomic mass is 28.3. The predicted octanol–water partition coefficient (Wildman–Crippen LogP) is 2.76. The lowest BCUT2D eigenvalue weighted by molar-refractivity contribution is 0.385. The summed E-state index contributed by atoms with van der Waals surface area (Å²) in [6.07, 6.45) is 1.29. The maximum absolute atomic E-state index is 2.68. The topological polar surface area (TPSA) is 6.48 Å². The van der Waals surface area contributed by atoms with Crippen LogP contribution in [0.25, 0.3) is 0 Å². The third kappa shape index (κ3) is 2.58. The van der Waals surface area contributed by atoms with Crippen LogP contribution in [0.15, 0.2) is 0 Å². The Bertz CT molecular complexity index is 157. The molecule has 0 aliphatic rings. The second-order valence-corrected chi connectivity index (χ2v) is 9.17. The van der Waals surface area contributed by atoms with Crippen molar-refractivity contribution in [1.29, 1.82) is 0 Å². The Kier molecular flexibility index (Phi) is 5.94. The molecule has 14 heavy (non-hydrogen) atoms. The van der Waals surface area contributed by atoms with Crippen molar-refractivity contribution in [3.8, 4) is 0 Å². The summed E-state index contributed by atoms with van der Waals surface area (Å²) < 4.78 is 5.18. The maximum atomic E-state index is 2.68. The maximum Gasteiger partial charge on any atom is 0.206 e. The van der Waals surface area contributed by atoms with Gasteiger partial charge < -0.3 is 9.13 Å². The first-order valence-electron chi connectivity index (χ1n) is 5.87. The first-order chi connectivity index (χ1) is 6.44. The fourth-order valence-corrected chi connectivity index (χ4v) is 6.41. The van der Waals surface area contributed by atoms with Crippen molar-refractivity contribution in [3.63, 3.8) is 0 Å². The van der Waals surface area contributed by atoms with Gasteiger partial charge in [0, 0.05) is 0 Å². The highest BCUT2D eigenvalue weighted by Gasteiger charge is 2.40. The summed E-state index contributed by atoms with van der Waals surface area (Å²) in [5.74, 6) is 0. The predicted molar refractivity (Wildman–Crippen MR) is 67.9 cm³/mol. The van der Waals surface area contributed by atoms with E-state index in [4.69, 9.17) is 0 Å². The molecule has 0 rings (SSSR count). The van der Waals surface area contributed by atoms with E-state index in [2.05, 4.69) is 57.5 Å². The fourth-order valence-electron chi connectivity index (χ4n) is 2.29. The molecule has 0 spiro atoms. The molecule has 2 atom stereocenters. The Balaban J connectivity index is 4.86. The van der Waals surface area contributed by atoms with Crippen LogP contribution in [0, 0.1) is 0 Å². The molecule has 0 amide bonds. The molecule has 0 aliphatic heterocycles. The molecule has 0 saturated carbocycles. The first-order valence-corrected chi connectivity index (χ1v) is 8.34. The number of hydrogen-bond acceptors (Lipinski definition) is 2. The molecule has 2 nitrogen and oxygen atoms in total. The van der Waals surface area contributed by atoms with Crippen molar-refractivity contribution in [3.05, 3.63) is 0 Å². The van der Waals surface area contributed by atoms with Gasteiger partial charge in [0.2, 0.25) is 8.40 Å². The first kappa shape index (κ1) is 14.1. The lowest BCUT2D eigenvalue weighted by Gasteiger charge is -2.46. The molecule has 86 valence electrons. The fraction of sp³-hybridized carbons (Fsp3) is 1.00. The molecule has 2 unspecified atom stereocenters. The molecule has 0 radical (unpaired) electrons. The Morgan fingerprint density at radius 1 is 1.07 bits per heavy atom. The van der Waals surface area contributed by atoms with Gasteiger partial charge in [-0.2, -0.15) is 0 Å². The Morgan fingerprint density at radius 3 is 1.71 bits per heavy atom. The van der Waals surface area contributed by atoms with Crippen LogP contribution in [0.2, 0.25) is 12.1 Å². The van der Waals surface area contributed by atoms with Crippen LogP contribution < -0.4 is 0 Å². The number of nitrogens with zero attached hydrogens (tertiary/aromatic N) is 2. The van der Waals surface area contributed by atoms with E-state index in [0.717, 1.165) is 5.54 Å². The summed E-state index contributed by atoms with van der Waals surface area (Å²) in [4.78, 5) is 0. The molecular weight excluding hydrogens is 188 g/mol. The Hall–Kier alpha value is 0.137. The van der Waals surface area contributed by atoms with Gasteiger partial charge in [-0.1, -0.05) is 34.1 Å². The van der Waals surface area contributed by atoms with E-state index < -0.39 is 8.40 Å². The SMILES string of the molecule is CCC(C)[Si](C)(N(C)C)N(CC)CC. The molecule has 0 aromatic heterocycles. The van der Waals surface area contributed by atoms with Crippen LogP contribution in [0.5, 0.6) is 0 Å². The quantitative estimate of drug-likeness (QED) is 0.630. The molecular formula is C11H28N2Si. The van der Waals surface area contributed by atoms with Crippen LogP contribution in [0.1, 0.15) is 34.1 Å². The van der Waals surface area contributed by atoms with Crippen molar-refractivity contribution >= 4 is 8.40 Å². The van der Waals surface area contributed by atoms with Gasteiger partial charge in [-0.05, 0) is 39.3 Å². The summed E-state index contributed by atoms with van der Waals surface area (Å²) in [5.41, 5.74) is 0.831. The van der Waals surface area contributed by atoms with Gasteiger partial charge in [-0.15, -0.1) is 0 Å². The zero-order chi connectivity index (χ0) is 11.4. The average molecular weight is 216 g/mol. The minimum absolute atomic E-state index is 0.831. The van der Waals surface area contributed by atoms with Crippen molar-refractivity contribution < 1.29 is 0 Å². The zero-order valence-corrected chi connectivity index (χ0v) is 12.1. The second-order valence-electron chi connectivity index (χ2n) is 4.47. The van der Waals surface area contributed by atoms with E-state index in [0.29, 0.717) is 0 Å². The van der Waals surface area contributed by atoms with E-state index in [1.807, 2.05) is 0 Å². The Labute approximate surface area is 91.4 Å². The van der Waals surface area contributed by atoms with E-state index in [1.165, 1.54) is 19.5 Å². The van der Waals surface area contributed by atoms with E-state index >= 15 is 0 Å². The summed E-state index contributed by atoms with van der Waals surface area (Å²) in [7, 11) is 3.10. The average Bonchev–Trinajstić information content (AvgIpc) is 2.17. The van der Waals surface area contributed by atoms with E-state index in [-0.39, 0.29) is 0 Å². The minimum Gasteiger partial charge on any atom is -0.317 e. The third-order valence-corrected chi connectivity index (χ3v) is 9.85. The molecule has 3 heteroatoms. The van der Waals surface area contributed by atoms with Gasteiger partial charge in [0.05, 0.1) is 0 Å².